The zero-order valence-corrected chi connectivity index (χ0v) is 16.8. The number of nitrogens with zero attached hydrogens (tertiary/aromatic N) is 1. The van der Waals surface area contributed by atoms with Crippen LogP contribution >= 0.6 is 0 Å². The van der Waals surface area contributed by atoms with Crippen molar-refractivity contribution in [3.63, 3.8) is 0 Å². The normalized spacial score (nSPS) is 20.1. The fourth-order valence-corrected chi connectivity index (χ4v) is 4.25. The van der Waals surface area contributed by atoms with Crippen molar-refractivity contribution in [2.24, 2.45) is 5.41 Å². The first-order chi connectivity index (χ1) is 12.1. The number of aromatic nitrogens is 1. The molecule has 1 aromatic carbocycles. The maximum absolute atomic E-state index is 11.2. The van der Waals surface area contributed by atoms with Crippen molar-refractivity contribution in [2.45, 2.75) is 72.5 Å². The summed E-state index contributed by atoms with van der Waals surface area (Å²) in [7, 11) is 0. The molecule has 140 valence electrons. The summed E-state index contributed by atoms with van der Waals surface area (Å²) in [5, 5.41) is 22.0. The highest BCUT2D eigenvalue weighted by Crippen LogP contribution is 2.44. The average molecular weight is 354 g/mol. The number of hydrogen-bond donors (Lipinski definition) is 2. The number of aliphatic hydroxyl groups excluding tert-OH is 2. The van der Waals surface area contributed by atoms with Crippen LogP contribution in [0.2, 0.25) is 0 Å². The Labute approximate surface area is 157 Å². The van der Waals surface area contributed by atoms with E-state index in [0.717, 1.165) is 46.5 Å². The van der Waals surface area contributed by atoms with Crippen LogP contribution in [0.4, 0.5) is 0 Å². The largest absolute Gasteiger partial charge is 0.388 e. The van der Waals surface area contributed by atoms with Crippen molar-refractivity contribution in [2.75, 3.05) is 0 Å². The fourth-order valence-electron chi connectivity index (χ4n) is 4.25. The number of benzene rings is 1. The molecule has 1 aliphatic carbocycles. The summed E-state index contributed by atoms with van der Waals surface area (Å²) >= 11 is 0. The van der Waals surface area contributed by atoms with Crippen molar-refractivity contribution in [3.05, 3.63) is 63.5 Å². The molecule has 0 fully saturated rings. The zero-order chi connectivity index (χ0) is 19.2. The van der Waals surface area contributed by atoms with Crippen LogP contribution in [0.25, 0.3) is 0 Å². The first kappa shape index (κ1) is 19.1. The third-order valence-electron chi connectivity index (χ3n) is 5.59. The van der Waals surface area contributed by atoms with E-state index in [9.17, 15) is 10.2 Å². The highest BCUT2D eigenvalue weighted by Gasteiger charge is 2.36. The van der Waals surface area contributed by atoms with Crippen LogP contribution in [0, 0.1) is 19.3 Å². The summed E-state index contributed by atoms with van der Waals surface area (Å²) in [5.74, 6) is 0.205. The molecule has 2 atom stereocenters. The second-order valence-electron chi connectivity index (χ2n) is 8.92. The molecule has 0 saturated heterocycles. The summed E-state index contributed by atoms with van der Waals surface area (Å²) in [5.41, 5.74) is 6.80. The van der Waals surface area contributed by atoms with Gasteiger partial charge in [-0.25, -0.2) is 0 Å². The van der Waals surface area contributed by atoms with E-state index in [1.165, 1.54) is 5.56 Å². The second kappa shape index (κ2) is 6.79. The van der Waals surface area contributed by atoms with Crippen LogP contribution in [-0.4, -0.2) is 15.2 Å². The van der Waals surface area contributed by atoms with Gasteiger partial charge in [-0.3, -0.25) is 4.98 Å². The maximum atomic E-state index is 11.2. The van der Waals surface area contributed by atoms with Crippen LogP contribution in [0.3, 0.4) is 0 Å². The Bertz CT molecular complexity index is 806. The molecular formula is C23H31NO2. The van der Waals surface area contributed by atoms with E-state index < -0.39 is 12.2 Å². The molecule has 1 aromatic heterocycles. The Morgan fingerprint density at radius 2 is 1.73 bits per heavy atom. The summed E-state index contributed by atoms with van der Waals surface area (Å²) < 4.78 is 0. The summed E-state index contributed by atoms with van der Waals surface area (Å²) in [6.45, 7) is 12.7. The van der Waals surface area contributed by atoms with E-state index in [2.05, 4.69) is 27.7 Å². The van der Waals surface area contributed by atoms with Gasteiger partial charge in [0.1, 0.15) is 6.10 Å². The van der Waals surface area contributed by atoms with Crippen molar-refractivity contribution < 1.29 is 10.2 Å². The molecule has 3 nitrogen and oxygen atoms in total. The molecule has 2 N–H and O–H groups in total. The van der Waals surface area contributed by atoms with Gasteiger partial charge < -0.3 is 10.2 Å². The molecule has 3 heteroatoms. The Morgan fingerprint density at radius 1 is 1.12 bits per heavy atom. The van der Waals surface area contributed by atoms with Crippen LogP contribution in [0.15, 0.2) is 24.3 Å². The molecule has 3 rings (SSSR count). The van der Waals surface area contributed by atoms with Crippen molar-refractivity contribution in [1.82, 2.24) is 4.98 Å². The monoisotopic (exact) mass is 353 g/mol. The van der Waals surface area contributed by atoms with Gasteiger partial charge in [0.15, 0.2) is 0 Å². The topological polar surface area (TPSA) is 53.4 Å². The second-order valence-corrected chi connectivity index (χ2v) is 8.92. The number of rotatable bonds is 3. The quantitative estimate of drug-likeness (QED) is 0.824. The minimum absolute atomic E-state index is 0.0389. The van der Waals surface area contributed by atoms with Gasteiger partial charge in [0, 0.05) is 22.5 Å². The number of aryl methyl sites for hydroxylation is 1. The molecule has 0 spiro atoms. The van der Waals surface area contributed by atoms with Gasteiger partial charge in [-0.2, -0.15) is 0 Å². The maximum Gasteiger partial charge on any atom is 0.106 e. The van der Waals surface area contributed by atoms with Gasteiger partial charge in [0.2, 0.25) is 0 Å². The Hall–Kier alpha value is -1.71. The van der Waals surface area contributed by atoms with E-state index in [4.69, 9.17) is 4.98 Å². The lowest BCUT2D eigenvalue weighted by molar-refractivity contribution is 0.0968. The SMILES string of the molecule is Cc1ccc(C(O)c2c(C(C)C)nc3c(c2C)C(O)CC(C)(C)C3)cc1. The van der Waals surface area contributed by atoms with Crippen LogP contribution in [0.1, 0.15) is 91.4 Å². The molecule has 0 aliphatic heterocycles. The average Bonchev–Trinajstić information content (AvgIpc) is 2.52. The first-order valence-electron chi connectivity index (χ1n) is 9.56. The number of fused-ring (bicyclic) bond motifs is 1. The van der Waals surface area contributed by atoms with Crippen LogP contribution < -0.4 is 0 Å². The predicted octanol–water partition coefficient (Wildman–Crippen LogP) is 4.91. The molecule has 0 amide bonds. The van der Waals surface area contributed by atoms with Crippen LogP contribution in [0.5, 0.6) is 0 Å². The van der Waals surface area contributed by atoms with Crippen molar-refractivity contribution in [3.8, 4) is 0 Å². The molecule has 2 aromatic rings. The molecule has 26 heavy (non-hydrogen) atoms. The lowest BCUT2D eigenvalue weighted by Crippen LogP contribution is -2.29. The van der Waals surface area contributed by atoms with E-state index in [1.807, 2.05) is 38.1 Å². The van der Waals surface area contributed by atoms with Crippen molar-refractivity contribution >= 4 is 0 Å². The minimum atomic E-state index is -0.729. The third-order valence-corrected chi connectivity index (χ3v) is 5.59. The lowest BCUT2D eigenvalue weighted by atomic mass is 9.72. The van der Waals surface area contributed by atoms with Gasteiger partial charge in [-0.05, 0) is 49.1 Å². The molecule has 0 radical (unpaired) electrons. The number of aliphatic hydroxyl groups is 2. The molecule has 0 bridgehead atoms. The van der Waals surface area contributed by atoms with Gasteiger partial charge in [0.25, 0.3) is 0 Å². The zero-order valence-electron chi connectivity index (χ0n) is 16.8. The summed E-state index contributed by atoms with van der Waals surface area (Å²) in [6.07, 6.45) is 0.337. The van der Waals surface area contributed by atoms with Crippen LogP contribution in [-0.2, 0) is 6.42 Å². The number of pyridine rings is 1. The van der Waals surface area contributed by atoms with E-state index in [-0.39, 0.29) is 11.3 Å². The molecular weight excluding hydrogens is 322 g/mol. The third kappa shape index (κ3) is 3.43. The van der Waals surface area contributed by atoms with E-state index in [1.54, 1.807) is 0 Å². The molecule has 2 unspecified atom stereocenters. The molecule has 1 heterocycles. The van der Waals surface area contributed by atoms with Crippen molar-refractivity contribution in [1.29, 1.82) is 0 Å². The first-order valence-corrected chi connectivity index (χ1v) is 9.56. The lowest BCUT2D eigenvalue weighted by Gasteiger charge is -2.36. The Morgan fingerprint density at radius 3 is 2.31 bits per heavy atom. The standard InChI is InChI=1S/C23H31NO2/c1-13(2)21-20(22(26)16-9-7-14(3)8-10-16)15(4)19-17(24-21)11-23(5,6)12-18(19)25/h7-10,13,18,22,25-26H,11-12H2,1-6H3. The molecule has 1 aliphatic rings. The van der Waals surface area contributed by atoms with Gasteiger partial charge in [-0.1, -0.05) is 57.5 Å². The van der Waals surface area contributed by atoms with Gasteiger partial charge in [-0.15, -0.1) is 0 Å². The fraction of sp³-hybridized carbons (Fsp3) is 0.522. The Kier molecular flexibility index (Phi) is 4.98. The predicted molar refractivity (Wildman–Crippen MR) is 105 cm³/mol. The highest BCUT2D eigenvalue weighted by atomic mass is 16.3. The smallest absolute Gasteiger partial charge is 0.106 e. The van der Waals surface area contributed by atoms with E-state index >= 15 is 0 Å². The minimum Gasteiger partial charge on any atom is -0.388 e. The van der Waals surface area contributed by atoms with Gasteiger partial charge in [0.05, 0.1) is 6.10 Å². The van der Waals surface area contributed by atoms with Gasteiger partial charge >= 0.3 is 0 Å². The number of hydrogen-bond acceptors (Lipinski definition) is 3. The molecule has 0 saturated carbocycles. The highest BCUT2D eigenvalue weighted by molar-refractivity contribution is 5.47. The Balaban J connectivity index is 2.19. The summed E-state index contributed by atoms with van der Waals surface area (Å²) in [4.78, 5) is 4.96. The summed E-state index contributed by atoms with van der Waals surface area (Å²) in [6, 6.07) is 7.99. The van der Waals surface area contributed by atoms with E-state index in [0.29, 0.717) is 0 Å².